The number of non-ortho nitro benzene ring substituents is 1. The van der Waals surface area contributed by atoms with Gasteiger partial charge in [-0.05, 0) is 42.7 Å². The van der Waals surface area contributed by atoms with Crippen molar-refractivity contribution in [3.63, 3.8) is 0 Å². The molecule has 36 heavy (non-hydrogen) atoms. The molecular weight excluding hydrogens is 468 g/mol. The van der Waals surface area contributed by atoms with Gasteiger partial charge in [-0.15, -0.1) is 0 Å². The number of hydroxylamine groups is 1. The zero-order valence-corrected chi connectivity index (χ0v) is 20.3. The largest absolute Gasteiger partial charge is 0.465 e. The van der Waals surface area contributed by atoms with Gasteiger partial charge in [-0.25, -0.2) is 9.86 Å². The second-order valence-corrected chi connectivity index (χ2v) is 8.42. The van der Waals surface area contributed by atoms with E-state index in [0.29, 0.717) is 35.9 Å². The van der Waals surface area contributed by atoms with Crippen molar-refractivity contribution in [2.75, 3.05) is 18.3 Å². The predicted octanol–water partition coefficient (Wildman–Crippen LogP) is 4.57. The van der Waals surface area contributed by atoms with Gasteiger partial charge in [0.25, 0.3) is 5.69 Å². The van der Waals surface area contributed by atoms with Crippen LogP contribution >= 0.6 is 0 Å². The molecule has 2 aromatic rings. The summed E-state index contributed by atoms with van der Waals surface area (Å²) in [5.74, 6) is -2.42. The lowest BCUT2D eigenvalue weighted by atomic mass is 9.89. The van der Waals surface area contributed by atoms with E-state index in [2.05, 4.69) is 0 Å². The maximum absolute atomic E-state index is 13.3. The lowest BCUT2D eigenvalue weighted by Crippen LogP contribution is -2.37. The van der Waals surface area contributed by atoms with Gasteiger partial charge in [-0.2, -0.15) is 0 Å². The SMILES string of the molecule is CCCCOC(=O)[C@H]1[C@@H](C(=O)OCCCC)ON(c2ccc(C=O)cc2)[C@H]1c1ccc([N+](=O)[O-])cc1. The summed E-state index contributed by atoms with van der Waals surface area (Å²) in [7, 11) is 0. The summed E-state index contributed by atoms with van der Waals surface area (Å²) in [5, 5.41) is 12.6. The van der Waals surface area contributed by atoms with Crippen molar-refractivity contribution in [1.29, 1.82) is 0 Å². The number of hydrogen-bond acceptors (Lipinski definition) is 9. The van der Waals surface area contributed by atoms with Gasteiger partial charge in [0.05, 0.1) is 29.9 Å². The molecule has 1 aliphatic heterocycles. The first kappa shape index (κ1) is 26.8. The van der Waals surface area contributed by atoms with E-state index < -0.39 is 34.9 Å². The fourth-order valence-electron chi connectivity index (χ4n) is 3.88. The van der Waals surface area contributed by atoms with Crippen LogP contribution in [-0.2, 0) is 23.9 Å². The van der Waals surface area contributed by atoms with Gasteiger partial charge in [-0.1, -0.05) is 38.8 Å². The van der Waals surface area contributed by atoms with Crippen molar-refractivity contribution in [3.8, 4) is 0 Å². The maximum Gasteiger partial charge on any atom is 0.339 e. The van der Waals surface area contributed by atoms with E-state index in [0.717, 1.165) is 12.8 Å². The van der Waals surface area contributed by atoms with E-state index >= 15 is 0 Å². The van der Waals surface area contributed by atoms with Crippen LogP contribution in [0, 0.1) is 16.0 Å². The molecular formula is C26H30N2O8. The average molecular weight is 499 g/mol. The molecule has 1 saturated heterocycles. The number of nitro benzene ring substituents is 1. The Morgan fingerprint density at radius 2 is 1.56 bits per heavy atom. The Morgan fingerprint density at radius 1 is 0.972 bits per heavy atom. The van der Waals surface area contributed by atoms with Crippen molar-refractivity contribution in [2.24, 2.45) is 5.92 Å². The zero-order chi connectivity index (χ0) is 26.1. The van der Waals surface area contributed by atoms with Crippen molar-refractivity contribution in [1.82, 2.24) is 0 Å². The highest BCUT2D eigenvalue weighted by Gasteiger charge is 2.53. The first-order valence-corrected chi connectivity index (χ1v) is 12.0. The average Bonchev–Trinajstić information content (AvgIpc) is 3.30. The number of hydrogen-bond donors (Lipinski definition) is 0. The van der Waals surface area contributed by atoms with Gasteiger partial charge in [0.15, 0.2) is 6.10 Å². The van der Waals surface area contributed by atoms with Crippen LogP contribution in [0.2, 0.25) is 0 Å². The van der Waals surface area contributed by atoms with E-state index in [1.165, 1.54) is 29.3 Å². The summed E-state index contributed by atoms with van der Waals surface area (Å²) in [5.41, 5.74) is 1.33. The normalized spacial score (nSPS) is 19.1. The molecule has 3 rings (SSSR count). The fourth-order valence-corrected chi connectivity index (χ4v) is 3.88. The van der Waals surface area contributed by atoms with Gasteiger partial charge in [0.2, 0.25) is 0 Å². The number of anilines is 1. The molecule has 10 heteroatoms. The standard InChI is InChI=1S/C26H30N2O8/c1-3-5-15-34-25(30)22-23(19-9-13-21(14-10-19)28(32)33)27(20-11-7-18(17-29)8-12-20)36-24(22)26(31)35-16-6-4-2/h7-14,17,22-24H,3-6,15-16H2,1-2H3/t22-,23+,24+/m1/s1. The maximum atomic E-state index is 13.3. The number of unbranched alkanes of at least 4 members (excludes halogenated alkanes) is 2. The molecule has 2 aromatic carbocycles. The van der Waals surface area contributed by atoms with Crippen LogP contribution in [0.25, 0.3) is 0 Å². The topological polar surface area (TPSA) is 125 Å². The molecule has 1 heterocycles. The highest BCUT2D eigenvalue weighted by atomic mass is 16.7. The van der Waals surface area contributed by atoms with E-state index in [-0.39, 0.29) is 18.9 Å². The highest BCUT2D eigenvalue weighted by molar-refractivity contribution is 5.86. The molecule has 3 atom stereocenters. The summed E-state index contributed by atoms with van der Waals surface area (Å²) in [6.07, 6.45) is 2.36. The van der Waals surface area contributed by atoms with Crippen LogP contribution in [0.15, 0.2) is 48.5 Å². The molecule has 0 saturated carbocycles. The van der Waals surface area contributed by atoms with Crippen LogP contribution < -0.4 is 5.06 Å². The predicted molar refractivity (Wildman–Crippen MR) is 130 cm³/mol. The Bertz CT molecular complexity index is 1050. The Morgan fingerprint density at radius 3 is 2.08 bits per heavy atom. The second-order valence-electron chi connectivity index (χ2n) is 8.42. The van der Waals surface area contributed by atoms with E-state index in [1.807, 2.05) is 13.8 Å². The molecule has 1 fully saturated rings. The number of benzene rings is 2. The fraction of sp³-hybridized carbons (Fsp3) is 0.423. The molecule has 0 N–H and O–H groups in total. The van der Waals surface area contributed by atoms with Crippen molar-refractivity contribution >= 4 is 29.6 Å². The molecule has 0 amide bonds. The smallest absolute Gasteiger partial charge is 0.339 e. The Balaban J connectivity index is 2.04. The van der Waals surface area contributed by atoms with Crippen LogP contribution in [0.4, 0.5) is 11.4 Å². The summed E-state index contributed by atoms with van der Waals surface area (Å²) >= 11 is 0. The second kappa shape index (κ2) is 12.8. The van der Waals surface area contributed by atoms with Gasteiger partial charge in [0, 0.05) is 17.7 Å². The van der Waals surface area contributed by atoms with E-state index in [4.69, 9.17) is 14.3 Å². The first-order valence-electron chi connectivity index (χ1n) is 12.0. The molecule has 192 valence electrons. The monoisotopic (exact) mass is 498 g/mol. The van der Waals surface area contributed by atoms with Crippen LogP contribution in [-0.4, -0.2) is 42.5 Å². The Labute approximate surface area is 209 Å². The van der Waals surface area contributed by atoms with Gasteiger partial charge < -0.3 is 9.47 Å². The van der Waals surface area contributed by atoms with E-state index in [9.17, 15) is 24.5 Å². The third kappa shape index (κ3) is 6.25. The number of nitro groups is 1. The minimum atomic E-state index is -1.29. The summed E-state index contributed by atoms with van der Waals surface area (Å²) in [6.45, 7) is 4.29. The number of esters is 2. The number of aldehydes is 1. The quantitative estimate of drug-likeness (QED) is 0.136. The minimum absolute atomic E-state index is 0.114. The highest BCUT2D eigenvalue weighted by Crippen LogP contribution is 2.44. The Kier molecular flexibility index (Phi) is 9.52. The molecule has 0 aromatic heterocycles. The first-order chi connectivity index (χ1) is 17.4. The van der Waals surface area contributed by atoms with Gasteiger partial charge in [-0.3, -0.25) is 24.5 Å². The zero-order valence-electron chi connectivity index (χ0n) is 20.3. The number of nitrogens with zero attached hydrogens (tertiary/aromatic N) is 2. The molecule has 0 aliphatic carbocycles. The van der Waals surface area contributed by atoms with Gasteiger partial charge >= 0.3 is 11.9 Å². The molecule has 0 spiro atoms. The van der Waals surface area contributed by atoms with Crippen molar-refractivity contribution in [3.05, 3.63) is 69.8 Å². The lowest BCUT2D eigenvalue weighted by molar-refractivity contribution is -0.384. The summed E-state index contributed by atoms with van der Waals surface area (Å²) in [4.78, 5) is 54.2. The molecule has 0 radical (unpaired) electrons. The Hall–Kier alpha value is -3.79. The van der Waals surface area contributed by atoms with Crippen LogP contribution in [0.5, 0.6) is 0 Å². The van der Waals surface area contributed by atoms with Crippen molar-refractivity contribution in [2.45, 2.75) is 51.7 Å². The van der Waals surface area contributed by atoms with Crippen LogP contribution in [0.1, 0.15) is 61.5 Å². The minimum Gasteiger partial charge on any atom is -0.465 e. The molecule has 10 nitrogen and oxygen atoms in total. The number of rotatable bonds is 12. The molecule has 1 aliphatic rings. The number of ether oxygens (including phenoxy) is 2. The van der Waals surface area contributed by atoms with Gasteiger partial charge in [0.1, 0.15) is 12.2 Å². The number of carbonyl (C=O) groups excluding carboxylic acids is 3. The molecule has 0 bridgehead atoms. The number of carbonyl (C=O) groups is 3. The van der Waals surface area contributed by atoms with Crippen molar-refractivity contribution < 1.29 is 33.6 Å². The molecule has 0 unspecified atom stereocenters. The summed E-state index contributed by atoms with van der Waals surface area (Å²) in [6, 6.07) is 11.3. The lowest BCUT2D eigenvalue weighted by Gasteiger charge is -2.27. The third-order valence-electron chi connectivity index (χ3n) is 5.86. The third-order valence-corrected chi connectivity index (χ3v) is 5.86. The summed E-state index contributed by atoms with van der Waals surface area (Å²) < 4.78 is 10.9. The van der Waals surface area contributed by atoms with Crippen LogP contribution in [0.3, 0.4) is 0 Å². The van der Waals surface area contributed by atoms with E-state index in [1.54, 1.807) is 24.3 Å².